The number of carbonyl (C=O) groups excluding carboxylic acids is 1. The van der Waals surface area contributed by atoms with Gasteiger partial charge in [-0.3, -0.25) is 9.52 Å². The zero-order valence-electron chi connectivity index (χ0n) is 20.2. The van der Waals surface area contributed by atoms with Crippen LogP contribution in [-0.4, -0.2) is 55.6 Å². The number of anilines is 3. The third-order valence-corrected chi connectivity index (χ3v) is 7.25. The van der Waals surface area contributed by atoms with Crippen molar-refractivity contribution in [2.45, 2.75) is 11.3 Å². The minimum absolute atomic E-state index is 0.0414. The lowest BCUT2D eigenvalue weighted by atomic mass is 10.1. The topological polar surface area (TPSA) is 237 Å². The summed E-state index contributed by atoms with van der Waals surface area (Å²) < 4.78 is 34.5. The molecule has 0 saturated heterocycles. The number of nitrogen functional groups attached to an aromatic ring is 1. The molecule has 0 spiro atoms. The van der Waals surface area contributed by atoms with Crippen LogP contribution in [-0.2, 0) is 16.4 Å². The standard InChI is InChI=1S/C23H20ClN9O6S/c24-15-10-13(9-14(18(15)35)19(25)36)40(37,38)32-12-4-3-11(16(34)8-12)5-6-27-22-29-21(26)33-23(30-22)28-20(31-33)17-2-1-7-39-17/h1-4,7-10,32,34-35H,5-6H2,(H2,25,36)(H3,26,27,28,29,30,31). The largest absolute Gasteiger partial charge is 0.508 e. The molecule has 3 aromatic heterocycles. The molecule has 0 radical (unpaired) electrons. The van der Waals surface area contributed by atoms with Crippen molar-refractivity contribution in [1.82, 2.24) is 24.6 Å². The lowest BCUT2D eigenvalue weighted by molar-refractivity contribution is 0.0997. The van der Waals surface area contributed by atoms with Crippen molar-refractivity contribution in [3.05, 3.63) is 64.9 Å². The number of halogens is 1. The Balaban J connectivity index is 1.26. The van der Waals surface area contributed by atoms with Gasteiger partial charge in [-0.25, -0.2) is 8.42 Å². The maximum Gasteiger partial charge on any atom is 0.261 e. The summed E-state index contributed by atoms with van der Waals surface area (Å²) >= 11 is 5.85. The molecule has 1 amide bonds. The van der Waals surface area contributed by atoms with Gasteiger partial charge in [-0.2, -0.15) is 19.5 Å². The van der Waals surface area contributed by atoms with Gasteiger partial charge in [-0.05, 0) is 42.3 Å². The van der Waals surface area contributed by atoms with Crippen LogP contribution >= 0.6 is 11.6 Å². The van der Waals surface area contributed by atoms with Gasteiger partial charge in [0.25, 0.3) is 21.7 Å². The number of rotatable bonds is 9. The number of phenolic OH excluding ortho intramolecular Hbond substituents is 1. The van der Waals surface area contributed by atoms with E-state index in [2.05, 4.69) is 30.1 Å². The maximum absolute atomic E-state index is 12.8. The van der Waals surface area contributed by atoms with Gasteiger partial charge in [0.15, 0.2) is 5.76 Å². The Kier molecular flexibility index (Phi) is 6.78. The Morgan fingerprint density at radius 3 is 2.62 bits per heavy atom. The molecular formula is C23H20ClN9O6S. The SMILES string of the molecule is NC(=O)c1cc(S(=O)(=O)Nc2ccc(CCNc3nc(N)n4nc(-c5ccco5)nc4n3)c(O)c2)cc(Cl)c1O. The molecule has 206 valence electrons. The summed E-state index contributed by atoms with van der Waals surface area (Å²) in [6, 6.07) is 9.45. The molecule has 17 heteroatoms. The number of primary amides is 1. The molecule has 40 heavy (non-hydrogen) atoms. The summed E-state index contributed by atoms with van der Waals surface area (Å²) in [7, 11) is -4.25. The van der Waals surface area contributed by atoms with E-state index in [0.717, 1.165) is 12.1 Å². The lowest BCUT2D eigenvalue weighted by Gasteiger charge is -2.12. The Bertz CT molecular complexity index is 1860. The Hall–Kier alpha value is -5.09. The molecule has 2 aromatic carbocycles. The van der Waals surface area contributed by atoms with E-state index in [9.17, 15) is 23.4 Å². The van der Waals surface area contributed by atoms with E-state index in [1.807, 2.05) is 0 Å². The molecule has 3 heterocycles. The third kappa shape index (κ3) is 5.25. The van der Waals surface area contributed by atoms with E-state index < -0.39 is 32.1 Å². The van der Waals surface area contributed by atoms with Gasteiger partial charge in [-0.15, -0.1) is 5.10 Å². The van der Waals surface area contributed by atoms with Crippen LogP contribution < -0.4 is 21.5 Å². The summed E-state index contributed by atoms with van der Waals surface area (Å²) in [4.78, 5) is 23.8. The van der Waals surface area contributed by atoms with Crippen LogP contribution in [0.4, 0.5) is 17.6 Å². The Morgan fingerprint density at radius 1 is 1.12 bits per heavy atom. The molecule has 0 saturated carbocycles. The number of aromatic hydroxyl groups is 2. The molecule has 5 aromatic rings. The Labute approximate surface area is 230 Å². The highest BCUT2D eigenvalue weighted by Crippen LogP contribution is 2.32. The molecule has 15 nitrogen and oxygen atoms in total. The molecule has 0 aliphatic carbocycles. The fourth-order valence-electron chi connectivity index (χ4n) is 3.67. The number of sulfonamides is 1. The summed E-state index contributed by atoms with van der Waals surface area (Å²) in [6.07, 6.45) is 1.81. The number of amides is 1. The second kappa shape index (κ2) is 10.2. The van der Waals surface area contributed by atoms with Crippen LogP contribution in [0.1, 0.15) is 15.9 Å². The summed E-state index contributed by atoms with van der Waals surface area (Å²) in [6.45, 7) is 0.287. The fraction of sp³-hybridized carbons (Fsp3) is 0.0870. The van der Waals surface area contributed by atoms with Gasteiger partial charge in [0.1, 0.15) is 11.5 Å². The van der Waals surface area contributed by atoms with E-state index in [4.69, 9.17) is 27.5 Å². The summed E-state index contributed by atoms with van der Waals surface area (Å²) in [5.74, 6) is -0.672. The third-order valence-electron chi connectivity index (χ3n) is 5.60. The van der Waals surface area contributed by atoms with Gasteiger partial charge in [-0.1, -0.05) is 17.7 Å². The van der Waals surface area contributed by atoms with Crippen molar-refractivity contribution in [2.24, 2.45) is 5.73 Å². The van der Waals surface area contributed by atoms with Crippen molar-refractivity contribution in [2.75, 3.05) is 22.3 Å². The number of hydrogen-bond donors (Lipinski definition) is 6. The van der Waals surface area contributed by atoms with E-state index in [1.165, 1.54) is 29.0 Å². The average molecular weight is 586 g/mol. The smallest absolute Gasteiger partial charge is 0.261 e. The zero-order valence-corrected chi connectivity index (χ0v) is 21.8. The number of furan rings is 1. The number of nitrogens with two attached hydrogens (primary N) is 2. The Morgan fingerprint density at radius 2 is 1.93 bits per heavy atom. The molecule has 0 aliphatic rings. The molecule has 0 unspecified atom stereocenters. The van der Waals surface area contributed by atoms with Crippen LogP contribution in [0.15, 0.2) is 58.0 Å². The highest BCUT2D eigenvalue weighted by atomic mass is 35.5. The minimum atomic E-state index is -4.25. The number of phenols is 2. The van der Waals surface area contributed by atoms with E-state index >= 15 is 0 Å². The van der Waals surface area contributed by atoms with Crippen molar-refractivity contribution in [3.8, 4) is 23.1 Å². The zero-order chi connectivity index (χ0) is 28.6. The number of benzene rings is 2. The first-order chi connectivity index (χ1) is 19.0. The second-order valence-corrected chi connectivity index (χ2v) is 10.4. The first-order valence-corrected chi connectivity index (χ1v) is 13.2. The molecule has 0 bridgehead atoms. The van der Waals surface area contributed by atoms with E-state index in [0.29, 0.717) is 23.6 Å². The number of fused-ring (bicyclic) bond motifs is 1. The molecule has 0 atom stereocenters. The van der Waals surface area contributed by atoms with Crippen LogP contribution in [0.2, 0.25) is 5.02 Å². The van der Waals surface area contributed by atoms with Crippen LogP contribution in [0.3, 0.4) is 0 Å². The minimum Gasteiger partial charge on any atom is -0.508 e. The van der Waals surface area contributed by atoms with Gasteiger partial charge in [0.2, 0.25) is 17.7 Å². The lowest BCUT2D eigenvalue weighted by Crippen LogP contribution is -2.16. The summed E-state index contributed by atoms with van der Waals surface area (Å²) in [5.41, 5.74) is 11.2. The average Bonchev–Trinajstić information content (AvgIpc) is 3.57. The van der Waals surface area contributed by atoms with Crippen molar-refractivity contribution in [3.63, 3.8) is 0 Å². The first-order valence-electron chi connectivity index (χ1n) is 11.4. The van der Waals surface area contributed by atoms with Gasteiger partial charge in [0, 0.05) is 12.6 Å². The monoisotopic (exact) mass is 585 g/mol. The predicted molar refractivity (Wildman–Crippen MR) is 143 cm³/mol. The van der Waals surface area contributed by atoms with Crippen molar-refractivity contribution in [1.29, 1.82) is 0 Å². The normalized spacial score (nSPS) is 11.5. The first kappa shape index (κ1) is 26.5. The van der Waals surface area contributed by atoms with Crippen LogP contribution in [0.5, 0.6) is 11.5 Å². The number of hydrogen-bond acceptors (Lipinski definition) is 12. The van der Waals surface area contributed by atoms with Crippen molar-refractivity contribution >= 4 is 50.9 Å². The molecule has 8 N–H and O–H groups in total. The molecule has 0 fully saturated rings. The fourth-order valence-corrected chi connectivity index (χ4v) is 5.06. The predicted octanol–water partition coefficient (Wildman–Crippen LogP) is 1.98. The quantitative estimate of drug-likeness (QED) is 0.145. The molecule has 5 rings (SSSR count). The number of carbonyl (C=O) groups is 1. The number of nitrogens with zero attached hydrogens (tertiary/aromatic N) is 5. The van der Waals surface area contributed by atoms with Gasteiger partial charge < -0.3 is 31.4 Å². The highest BCUT2D eigenvalue weighted by Gasteiger charge is 2.21. The second-order valence-electron chi connectivity index (χ2n) is 8.32. The van der Waals surface area contributed by atoms with Crippen molar-refractivity contribution < 1.29 is 27.8 Å². The molecule has 0 aliphatic heterocycles. The van der Waals surface area contributed by atoms with Gasteiger partial charge in [0.05, 0.1) is 27.4 Å². The number of aromatic nitrogens is 5. The van der Waals surface area contributed by atoms with E-state index in [-0.39, 0.29) is 40.7 Å². The van der Waals surface area contributed by atoms with Crippen LogP contribution in [0.25, 0.3) is 17.4 Å². The van der Waals surface area contributed by atoms with E-state index in [1.54, 1.807) is 12.1 Å². The maximum atomic E-state index is 12.8. The number of nitrogens with one attached hydrogen (secondary N) is 2. The molecular weight excluding hydrogens is 566 g/mol. The summed E-state index contributed by atoms with van der Waals surface area (Å²) in [5, 5.41) is 27.2. The van der Waals surface area contributed by atoms with Gasteiger partial charge >= 0.3 is 0 Å². The highest BCUT2D eigenvalue weighted by molar-refractivity contribution is 7.92. The van der Waals surface area contributed by atoms with Crippen LogP contribution in [0, 0.1) is 0 Å².